The first-order valence-electron chi connectivity index (χ1n) is 5.23. The van der Waals surface area contributed by atoms with Crippen molar-refractivity contribution < 1.29 is 14.6 Å². The second-order valence-corrected chi connectivity index (χ2v) is 4.38. The van der Waals surface area contributed by atoms with Gasteiger partial charge in [0.1, 0.15) is 16.3 Å². The Labute approximate surface area is 108 Å². The molecule has 0 amide bonds. The Kier molecular flexibility index (Phi) is 3.47. The van der Waals surface area contributed by atoms with Crippen LogP contribution in [0.2, 0.25) is 0 Å². The predicted octanol–water partition coefficient (Wildman–Crippen LogP) is 2.90. The second-order valence-electron chi connectivity index (χ2n) is 3.60. The first-order chi connectivity index (χ1) is 8.63. The van der Waals surface area contributed by atoms with Crippen LogP contribution in [-0.4, -0.2) is 22.6 Å². The van der Waals surface area contributed by atoms with Gasteiger partial charge in [0, 0.05) is 0 Å². The summed E-state index contributed by atoms with van der Waals surface area (Å²) in [6, 6.07) is 7.31. The number of aromatic carboxylic acids is 1. The number of carboxylic acids is 1. The maximum atomic E-state index is 11.1. The lowest BCUT2D eigenvalue weighted by atomic mass is 10.2. The van der Waals surface area contributed by atoms with Crippen LogP contribution in [0.4, 0.5) is 10.7 Å². The zero-order chi connectivity index (χ0) is 13.1. The molecule has 0 bridgehead atoms. The van der Waals surface area contributed by atoms with Gasteiger partial charge in [0.05, 0.1) is 18.5 Å². The SMILES string of the molecule is COc1ccccc1Nc1snc(C)c1C(=O)O. The number of anilines is 2. The summed E-state index contributed by atoms with van der Waals surface area (Å²) in [4.78, 5) is 11.1. The Morgan fingerprint density at radius 1 is 1.44 bits per heavy atom. The van der Waals surface area contributed by atoms with Crippen molar-refractivity contribution in [2.24, 2.45) is 0 Å². The zero-order valence-electron chi connectivity index (χ0n) is 9.93. The summed E-state index contributed by atoms with van der Waals surface area (Å²) < 4.78 is 9.25. The van der Waals surface area contributed by atoms with E-state index >= 15 is 0 Å². The van der Waals surface area contributed by atoms with E-state index in [1.807, 2.05) is 18.2 Å². The third kappa shape index (κ3) is 2.28. The van der Waals surface area contributed by atoms with Crippen LogP contribution in [0.1, 0.15) is 16.1 Å². The normalized spacial score (nSPS) is 10.1. The number of hydrogen-bond donors (Lipinski definition) is 2. The minimum absolute atomic E-state index is 0.200. The number of ether oxygens (including phenoxy) is 1. The minimum atomic E-state index is -0.987. The Morgan fingerprint density at radius 3 is 2.83 bits per heavy atom. The van der Waals surface area contributed by atoms with Crippen LogP contribution in [0, 0.1) is 6.92 Å². The van der Waals surface area contributed by atoms with E-state index in [-0.39, 0.29) is 5.56 Å². The summed E-state index contributed by atoms with van der Waals surface area (Å²) in [5.74, 6) is -0.335. The standard InChI is InChI=1S/C12H12N2O3S/c1-7-10(12(15)16)11(18-14-7)13-8-5-3-4-6-9(8)17-2/h3-6,13H,1-2H3,(H,15,16). The molecule has 94 valence electrons. The molecule has 1 heterocycles. The number of carbonyl (C=O) groups is 1. The average Bonchev–Trinajstić information content (AvgIpc) is 2.71. The number of benzene rings is 1. The molecule has 0 aliphatic carbocycles. The van der Waals surface area contributed by atoms with Gasteiger partial charge in [0.15, 0.2) is 0 Å². The molecule has 6 heteroatoms. The molecular formula is C12H12N2O3S. The lowest BCUT2D eigenvalue weighted by molar-refractivity contribution is 0.0697. The van der Waals surface area contributed by atoms with Crippen molar-refractivity contribution in [1.29, 1.82) is 0 Å². The summed E-state index contributed by atoms with van der Waals surface area (Å²) >= 11 is 1.12. The van der Waals surface area contributed by atoms with Gasteiger partial charge in [-0.3, -0.25) is 0 Å². The Bertz CT molecular complexity index is 580. The van der Waals surface area contributed by atoms with E-state index in [0.29, 0.717) is 22.1 Å². The van der Waals surface area contributed by atoms with Crippen molar-refractivity contribution in [3.8, 4) is 5.75 Å². The fourth-order valence-corrected chi connectivity index (χ4v) is 2.38. The number of hydrogen-bond acceptors (Lipinski definition) is 5. The van der Waals surface area contributed by atoms with Gasteiger partial charge < -0.3 is 15.2 Å². The van der Waals surface area contributed by atoms with Gasteiger partial charge in [0.2, 0.25) is 0 Å². The van der Waals surface area contributed by atoms with Crippen molar-refractivity contribution in [2.45, 2.75) is 6.92 Å². The van der Waals surface area contributed by atoms with Crippen LogP contribution >= 0.6 is 11.5 Å². The number of rotatable bonds is 4. The van der Waals surface area contributed by atoms with Gasteiger partial charge in [-0.15, -0.1) is 0 Å². The van der Waals surface area contributed by atoms with Crippen molar-refractivity contribution in [1.82, 2.24) is 4.37 Å². The fourth-order valence-electron chi connectivity index (χ4n) is 1.58. The fraction of sp³-hybridized carbons (Fsp3) is 0.167. The molecule has 0 aliphatic rings. The van der Waals surface area contributed by atoms with Crippen LogP contribution in [0.15, 0.2) is 24.3 Å². The topological polar surface area (TPSA) is 71.5 Å². The Balaban J connectivity index is 2.37. The third-order valence-corrected chi connectivity index (χ3v) is 3.29. The maximum Gasteiger partial charge on any atom is 0.340 e. The lowest BCUT2D eigenvalue weighted by Gasteiger charge is -2.09. The van der Waals surface area contributed by atoms with Crippen molar-refractivity contribution in [3.05, 3.63) is 35.5 Å². The quantitative estimate of drug-likeness (QED) is 0.888. The molecule has 0 atom stereocenters. The maximum absolute atomic E-state index is 11.1. The molecule has 2 N–H and O–H groups in total. The van der Waals surface area contributed by atoms with E-state index in [4.69, 9.17) is 9.84 Å². The molecule has 0 saturated carbocycles. The molecule has 2 aromatic rings. The van der Waals surface area contributed by atoms with Gasteiger partial charge in [-0.25, -0.2) is 4.79 Å². The van der Waals surface area contributed by atoms with Gasteiger partial charge in [-0.1, -0.05) is 12.1 Å². The number of aromatic nitrogens is 1. The summed E-state index contributed by atoms with van der Waals surface area (Å²) in [5, 5.41) is 12.7. The highest BCUT2D eigenvalue weighted by Crippen LogP contribution is 2.32. The van der Waals surface area contributed by atoms with Gasteiger partial charge in [0.25, 0.3) is 0 Å². The van der Waals surface area contributed by atoms with E-state index in [9.17, 15) is 4.79 Å². The molecule has 18 heavy (non-hydrogen) atoms. The molecular weight excluding hydrogens is 252 g/mol. The number of nitrogens with zero attached hydrogens (tertiary/aromatic N) is 1. The smallest absolute Gasteiger partial charge is 0.340 e. The largest absolute Gasteiger partial charge is 0.495 e. The molecule has 0 radical (unpaired) electrons. The number of aryl methyl sites for hydroxylation is 1. The summed E-state index contributed by atoms with van der Waals surface area (Å²) in [6.07, 6.45) is 0. The number of nitrogens with one attached hydrogen (secondary N) is 1. The molecule has 0 saturated heterocycles. The van der Waals surface area contributed by atoms with Crippen LogP contribution in [0.3, 0.4) is 0 Å². The second kappa shape index (κ2) is 5.05. The number of para-hydroxylation sites is 2. The van der Waals surface area contributed by atoms with Gasteiger partial charge in [-0.2, -0.15) is 4.37 Å². The van der Waals surface area contributed by atoms with E-state index in [0.717, 1.165) is 11.5 Å². The molecule has 0 aliphatic heterocycles. The van der Waals surface area contributed by atoms with E-state index in [1.54, 1.807) is 20.1 Å². The molecule has 2 rings (SSSR count). The average molecular weight is 264 g/mol. The van der Waals surface area contributed by atoms with Crippen LogP contribution in [0.5, 0.6) is 5.75 Å². The van der Waals surface area contributed by atoms with Crippen LogP contribution in [0.25, 0.3) is 0 Å². The van der Waals surface area contributed by atoms with E-state index in [1.165, 1.54) is 0 Å². The Morgan fingerprint density at radius 2 is 2.17 bits per heavy atom. The number of carboxylic acid groups (broad SMARTS) is 1. The summed E-state index contributed by atoms with van der Waals surface area (Å²) in [5.41, 5.74) is 1.42. The Hall–Kier alpha value is -2.08. The molecule has 1 aromatic heterocycles. The monoisotopic (exact) mass is 264 g/mol. The molecule has 5 nitrogen and oxygen atoms in total. The lowest BCUT2D eigenvalue weighted by Crippen LogP contribution is -2.02. The third-order valence-electron chi connectivity index (χ3n) is 2.43. The van der Waals surface area contributed by atoms with E-state index < -0.39 is 5.97 Å². The predicted molar refractivity (Wildman–Crippen MR) is 70.1 cm³/mol. The first kappa shape index (κ1) is 12.4. The molecule has 1 aromatic carbocycles. The van der Waals surface area contributed by atoms with Crippen molar-refractivity contribution >= 4 is 28.2 Å². The highest BCUT2D eigenvalue weighted by molar-refractivity contribution is 7.10. The highest BCUT2D eigenvalue weighted by atomic mass is 32.1. The van der Waals surface area contributed by atoms with Crippen molar-refractivity contribution in [3.63, 3.8) is 0 Å². The highest BCUT2D eigenvalue weighted by Gasteiger charge is 2.18. The van der Waals surface area contributed by atoms with Gasteiger partial charge >= 0.3 is 5.97 Å². The summed E-state index contributed by atoms with van der Waals surface area (Å²) in [6.45, 7) is 1.67. The number of methoxy groups -OCH3 is 1. The van der Waals surface area contributed by atoms with Crippen LogP contribution < -0.4 is 10.1 Å². The zero-order valence-corrected chi connectivity index (χ0v) is 10.7. The summed E-state index contributed by atoms with van der Waals surface area (Å²) in [7, 11) is 1.57. The van der Waals surface area contributed by atoms with Crippen LogP contribution in [-0.2, 0) is 0 Å². The van der Waals surface area contributed by atoms with Crippen molar-refractivity contribution in [2.75, 3.05) is 12.4 Å². The first-order valence-corrected chi connectivity index (χ1v) is 6.00. The molecule has 0 unspecified atom stereocenters. The van der Waals surface area contributed by atoms with Gasteiger partial charge in [-0.05, 0) is 30.6 Å². The molecule has 0 fully saturated rings. The van der Waals surface area contributed by atoms with E-state index in [2.05, 4.69) is 9.69 Å². The molecule has 0 spiro atoms. The minimum Gasteiger partial charge on any atom is -0.495 e.